The lowest BCUT2D eigenvalue weighted by molar-refractivity contribution is 0.0796. The number of benzene rings is 1. The summed E-state index contributed by atoms with van der Waals surface area (Å²) in [6.07, 6.45) is 4.98. The fourth-order valence-electron chi connectivity index (χ4n) is 3.50. The van der Waals surface area contributed by atoms with Gasteiger partial charge in [0.15, 0.2) is 0 Å². The van der Waals surface area contributed by atoms with Crippen molar-refractivity contribution < 1.29 is 5.11 Å². The second-order valence-corrected chi connectivity index (χ2v) is 7.92. The molecule has 1 atom stereocenters. The molecule has 4 rings (SSSR count). The fraction of sp³-hybridized carbons (Fsp3) is 0.217. The Morgan fingerprint density at radius 3 is 2.71 bits per heavy atom. The molecule has 156 valence electrons. The van der Waals surface area contributed by atoms with E-state index in [4.69, 9.17) is 5.73 Å². The van der Waals surface area contributed by atoms with Gasteiger partial charge in [0.25, 0.3) is 0 Å². The third-order valence-electron chi connectivity index (χ3n) is 5.10. The van der Waals surface area contributed by atoms with Crippen molar-refractivity contribution in [2.75, 3.05) is 11.1 Å². The maximum atomic E-state index is 10.5. The van der Waals surface area contributed by atoms with E-state index in [9.17, 15) is 10.4 Å². The van der Waals surface area contributed by atoms with E-state index in [1.54, 1.807) is 20.0 Å². The summed E-state index contributed by atoms with van der Waals surface area (Å²) in [4.78, 5) is 13.4. The van der Waals surface area contributed by atoms with Gasteiger partial charge in [-0.1, -0.05) is 18.2 Å². The highest BCUT2D eigenvalue weighted by atomic mass is 16.3. The first-order valence-electron chi connectivity index (χ1n) is 9.86. The Bertz CT molecular complexity index is 1300. The van der Waals surface area contributed by atoms with Gasteiger partial charge in [-0.2, -0.15) is 5.26 Å². The van der Waals surface area contributed by atoms with Crippen LogP contribution in [0.5, 0.6) is 0 Å². The van der Waals surface area contributed by atoms with E-state index in [0.717, 1.165) is 5.56 Å². The van der Waals surface area contributed by atoms with Crippen LogP contribution in [0.4, 0.5) is 11.6 Å². The van der Waals surface area contributed by atoms with Crippen LogP contribution >= 0.6 is 0 Å². The average molecular weight is 413 g/mol. The highest BCUT2D eigenvalue weighted by Gasteiger charge is 2.22. The molecule has 1 aromatic carbocycles. The van der Waals surface area contributed by atoms with Gasteiger partial charge < -0.3 is 16.2 Å². The number of nitrogens with two attached hydrogens (primary N) is 1. The standard InChI is InChI=1S/C23H23N7O/c1-14(15-6-4-7-17(25)10-15)28-22-27-12-16(11-24)20(29-22)19-13-26-21-18(23(2,3)31)8-5-9-30(19)21/h4-10,12-14,31H,25H2,1-3H3,(H,27,28,29)/t14-/m0/s1. The number of nitrogens with one attached hydrogen (secondary N) is 1. The minimum absolute atomic E-state index is 0.0896. The monoisotopic (exact) mass is 413 g/mol. The fourth-order valence-corrected chi connectivity index (χ4v) is 3.50. The molecule has 0 fully saturated rings. The van der Waals surface area contributed by atoms with Crippen molar-refractivity contribution in [3.8, 4) is 17.5 Å². The molecule has 0 bridgehead atoms. The smallest absolute Gasteiger partial charge is 0.223 e. The van der Waals surface area contributed by atoms with Gasteiger partial charge in [-0.3, -0.25) is 4.40 Å². The number of imidazole rings is 1. The molecule has 0 radical (unpaired) electrons. The number of aromatic nitrogens is 4. The van der Waals surface area contributed by atoms with E-state index >= 15 is 0 Å². The van der Waals surface area contributed by atoms with Crippen molar-refractivity contribution in [3.63, 3.8) is 0 Å². The lowest BCUT2D eigenvalue weighted by atomic mass is 10.00. The molecule has 4 aromatic rings. The molecule has 0 spiro atoms. The summed E-state index contributed by atoms with van der Waals surface area (Å²) in [5, 5.41) is 23.4. The number of pyridine rings is 1. The second-order valence-electron chi connectivity index (χ2n) is 7.92. The summed E-state index contributed by atoms with van der Waals surface area (Å²) >= 11 is 0. The number of fused-ring (bicyclic) bond motifs is 1. The van der Waals surface area contributed by atoms with Crippen molar-refractivity contribution in [1.82, 2.24) is 19.4 Å². The Hall–Kier alpha value is -3.96. The highest BCUT2D eigenvalue weighted by molar-refractivity contribution is 5.68. The first-order valence-corrected chi connectivity index (χ1v) is 9.86. The Kier molecular flexibility index (Phi) is 5.05. The maximum absolute atomic E-state index is 10.5. The minimum atomic E-state index is -1.06. The van der Waals surface area contributed by atoms with Gasteiger partial charge in [-0.05, 0) is 44.5 Å². The first-order chi connectivity index (χ1) is 14.8. The van der Waals surface area contributed by atoms with E-state index in [1.807, 2.05) is 53.9 Å². The largest absolute Gasteiger partial charge is 0.399 e. The molecule has 0 aliphatic heterocycles. The number of hydrogen-bond acceptors (Lipinski definition) is 7. The topological polar surface area (TPSA) is 125 Å². The molecule has 3 heterocycles. The van der Waals surface area contributed by atoms with Gasteiger partial charge in [-0.15, -0.1) is 0 Å². The zero-order valence-electron chi connectivity index (χ0n) is 17.5. The van der Waals surface area contributed by atoms with E-state index in [-0.39, 0.29) is 6.04 Å². The summed E-state index contributed by atoms with van der Waals surface area (Å²) in [6.45, 7) is 5.41. The maximum Gasteiger partial charge on any atom is 0.223 e. The normalized spacial score (nSPS) is 12.5. The number of nitrogens with zero attached hydrogens (tertiary/aromatic N) is 5. The predicted octanol–water partition coefficient (Wildman–Crippen LogP) is 3.65. The minimum Gasteiger partial charge on any atom is -0.399 e. The molecule has 0 aliphatic carbocycles. The molecular formula is C23H23N7O. The quantitative estimate of drug-likeness (QED) is 0.426. The van der Waals surface area contributed by atoms with Crippen molar-refractivity contribution in [1.29, 1.82) is 5.26 Å². The van der Waals surface area contributed by atoms with Gasteiger partial charge in [0.05, 0.1) is 35.3 Å². The predicted molar refractivity (Wildman–Crippen MR) is 119 cm³/mol. The zero-order chi connectivity index (χ0) is 22.2. The van der Waals surface area contributed by atoms with Crippen molar-refractivity contribution in [2.45, 2.75) is 32.4 Å². The van der Waals surface area contributed by atoms with Crippen LogP contribution in [0.25, 0.3) is 17.0 Å². The average Bonchev–Trinajstić information content (AvgIpc) is 3.17. The van der Waals surface area contributed by atoms with Gasteiger partial charge in [-0.25, -0.2) is 15.0 Å². The van der Waals surface area contributed by atoms with Gasteiger partial charge in [0, 0.05) is 17.4 Å². The first kappa shape index (κ1) is 20.3. The SMILES string of the molecule is C[C@H](Nc1ncc(C#N)c(-c2cnc3c(C(C)(C)O)cccn23)n1)c1cccc(N)c1. The molecule has 0 saturated carbocycles. The number of hydrogen-bond donors (Lipinski definition) is 3. The van der Waals surface area contributed by atoms with Crippen molar-refractivity contribution in [3.05, 3.63) is 71.7 Å². The molecule has 8 nitrogen and oxygen atoms in total. The molecule has 0 aliphatic rings. The third kappa shape index (κ3) is 3.91. The van der Waals surface area contributed by atoms with Crippen LogP contribution in [0, 0.1) is 11.3 Å². The number of nitrogen functional groups attached to an aromatic ring is 1. The number of anilines is 2. The Balaban J connectivity index is 1.77. The molecule has 0 unspecified atom stereocenters. The van der Waals surface area contributed by atoms with Crippen molar-refractivity contribution in [2.24, 2.45) is 0 Å². The van der Waals surface area contributed by atoms with Crippen LogP contribution < -0.4 is 11.1 Å². The molecule has 0 amide bonds. The van der Waals surface area contributed by atoms with Crippen LogP contribution in [0.3, 0.4) is 0 Å². The lowest BCUT2D eigenvalue weighted by Gasteiger charge is -2.18. The van der Waals surface area contributed by atoms with Gasteiger partial charge in [0.1, 0.15) is 17.4 Å². The third-order valence-corrected chi connectivity index (χ3v) is 5.10. The Morgan fingerprint density at radius 1 is 1.19 bits per heavy atom. The second kappa shape index (κ2) is 7.70. The molecule has 0 saturated heterocycles. The molecule has 8 heteroatoms. The molecule has 31 heavy (non-hydrogen) atoms. The molecular weight excluding hydrogens is 390 g/mol. The summed E-state index contributed by atoms with van der Waals surface area (Å²) in [5.74, 6) is 0.387. The molecule has 4 N–H and O–H groups in total. The summed E-state index contributed by atoms with van der Waals surface area (Å²) in [6, 6.07) is 13.3. The Labute approximate surface area is 180 Å². The van der Waals surface area contributed by atoms with E-state index in [2.05, 4.69) is 26.3 Å². The lowest BCUT2D eigenvalue weighted by Crippen LogP contribution is -2.17. The summed E-state index contributed by atoms with van der Waals surface area (Å²) in [5.41, 5.74) is 9.23. The Morgan fingerprint density at radius 2 is 2.00 bits per heavy atom. The van der Waals surface area contributed by atoms with Gasteiger partial charge >= 0.3 is 0 Å². The highest BCUT2D eigenvalue weighted by Crippen LogP contribution is 2.29. The van der Waals surface area contributed by atoms with E-state index in [1.165, 1.54) is 6.20 Å². The van der Waals surface area contributed by atoms with Crippen LogP contribution in [0.15, 0.2) is 55.0 Å². The van der Waals surface area contributed by atoms with Crippen LogP contribution in [0.2, 0.25) is 0 Å². The summed E-state index contributed by atoms with van der Waals surface area (Å²) < 4.78 is 1.82. The number of rotatable bonds is 5. The summed E-state index contributed by atoms with van der Waals surface area (Å²) in [7, 11) is 0. The molecule has 3 aromatic heterocycles. The van der Waals surface area contributed by atoms with E-state index < -0.39 is 5.60 Å². The number of aliphatic hydroxyl groups is 1. The number of nitriles is 1. The van der Waals surface area contributed by atoms with Crippen LogP contribution in [-0.2, 0) is 5.60 Å². The zero-order valence-corrected chi connectivity index (χ0v) is 17.5. The van der Waals surface area contributed by atoms with E-state index in [0.29, 0.717) is 39.8 Å². The van der Waals surface area contributed by atoms with Crippen LogP contribution in [-0.4, -0.2) is 24.5 Å². The van der Waals surface area contributed by atoms with Crippen LogP contribution in [0.1, 0.15) is 43.5 Å². The van der Waals surface area contributed by atoms with Crippen molar-refractivity contribution >= 4 is 17.3 Å². The van der Waals surface area contributed by atoms with Gasteiger partial charge in [0.2, 0.25) is 5.95 Å².